The molecule has 2 heteroatoms. The molecule has 0 fully saturated rings. The maximum atomic E-state index is 9.10. The Morgan fingerprint density at radius 1 is 1.42 bits per heavy atom. The number of aliphatic hydroxyl groups is 1. The van der Waals surface area contributed by atoms with Crippen LogP contribution in [0.15, 0.2) is 24.3 Å². The molecule has 0 heterocycles. The van der Waals surface area contributed by atoms with Crippen LogP contribution in [0.3, 0.4) is 0 Å². The molecule has 12 heavy (non-hydrogen) atoms. The summed E-state index contributed by atoms with van der Waals surface area (Å²) in [4.78, 5) is 0. The molecule has 66 valence electrons. The first-order chi connectivity index (χ1) is 5.66. The summed E-state index contributed by atoms with van der Waals surface area (Å²) in [6.07, 6.45) is 6.30. The Hall–Kier alpha value is -0.650. The summed E-state index contributed by atoms with van der Waals surface area (Å²) in [5.41, 5.74) is 0. The summed E-state index contributed by atoms with van der Waals surface area (Å²) in [7, 11) is 0. The van der Waals surface area contributed by atoms with E-state index in [1.54, 1.807) is 18.2 Å². The molecule has 0 rings (SSSR count). The zero-order valence-corrected chi connectivity index (χ0v) is 8.25. The Bertz CT molecular complexity index is 218. The first-order valence-corrected chi connectivity index (χ1v) is 4.35. The fourth-order valence-electron chi connectivity index (χ4n) is 0.551. The monoisotopic (exact) mass is 182 g/mol. The van der Waals surface area contributed by atoms with E-state index in [-0.39, 0.29) is 5.25 Å². The van der Waals surface area contributed by atoms with Crippen LogP contribution in [-0.2, 0) is 0 Å². The van der Waals surface area contributed by atoms with Crippen molar-refractivity contribution in [2.24, 2.45) is 0 Å². The molecule has 0 aliphatic heterocycles. The molecule has 0 radical (unpaired) electrons. The summed E-state index contributed by atoms with van der Waals surface area (Å²) >= 11 is 4.13. The highest BCUT2D eigenvalue weighted by Gasteiger charge is 1.86. The molecule has 0 spiro atoms. The molecule has 0 aliphatic rings. The number of aliphatic hydroxyl groups excluding tert-OH is 1. The molecular formula is C10H14OS. The second-order valence-corrected chi connectivity index (χ2v) is 3.17. The van der Waals surface area contributed by atoms with Crippen molar-refractivity contribution < 1.29 is 5.11 Å². The Morgan fingerprint density at radius 2 is 2.08 bits per heavy atom. The molecule has 0 aromatic rings. The lowest BCUT2D eigenvalue weighted by atomic mass is 10.3. The molecule has 0 bridgehead atoms. The van der Waals surface area contributed by atoms with Crippen molar-refractivity contribution in [3.63, 3.8) is 0 Å². The highest BCUT2D eigenvalue weighted by molar-refractivity contribution is 7.81. The molecule has 1 N–H and O–H groups in total. The van der Waals surface area contributed by atoms with Crippen LogP contribution >= 0.6 is 12.6 Å². The minimum absolute atomic E-state index is 0.207. The maximum Gasteiger partial charge on any atom is 0.133 e. The molecule has 0 amide bonds. The number of hydrogen-bond acceptors (Lipinski definition) is 2. The van der Waals surface area contributed by atoms with Gasteiger partial charge in [0.2, 0.25) is 0 Å². The molecule has 0 aromatic carbocycles. The van der Waals surface area contributed by atoms with E-state index < -0.39 is 6.10 Å². The van der Waals surface area contributed by atoms with Crippen LogP contribution in [0.2, 0.25) is 0 Å². The van der Waals surface area contributed by atoms with Gasteiger partial charge in [-0.3, -0.25) is 0 Å². The van der Waals surface area contributed by atoms with Gasteiger partial charge in [-0.2, -0.15) is 12.6 Å². The number of thiol groups is 1. The van der Waals surface area contributed by atoms with Gasteiger partial charge in [-0.1, -0.05) is 24.0 Å². The lowest BCUT2D eigenvalue weighted by Gasteiger charge is -1.90. The van der Waals surface area contributed by atoms with Gasteiger partial charge in [-0.05, 0) is 26.0 Å². The summed E-state index contributed by atoms with van der Waals surface area (Å²) in [6.45, 7) is 3.79. The SMILES string of the molecule is C/C=C/C(O)C#C/C=C/C(C)S. The van der Waals surface area contributed by atoms with Crippen LogP contribution in [0.4, 0.5) is 0 Å². The first-order valence-electron chi connectivity index (χ1n) is 3.83. The third-order valence-electron chi connectivity index (χ3n) is 1.06. The molecule has 0 saturated heterocycles. The van der Waals surface area contributed by atoms with Gasteiger partial charge in [0, 0.05) is 5.25 Å². The van der Waals surface area contributed by atoms with E-state index in [4.69, 9.17) is 5.11 Å². The van der Waals surface area contributed by atoms with Gasteiger partial charge in [0.1, 0.15) is 6.10 Å². The van der Waals surface area contributed by atoms with Gasteiger partial charge in [-0.25, -0.2) is 0 Å². The summed E-state index contributed by atoms with van der Waals surface area (Å²) in [6, 6.07) is 0. The van der Waals surface area contributed by atoms with E-state index in [0.29, 0.717) is 0 Å². The van der Waals surface area contributed by atoms with Gasteiger partial charge in [0.25, 0.3) is 0 Å². The number of allylic oxidation sites excluding steroid dienone is 2. The number of hydrogen-bond donors (Lipinski definition) is 2. The molecule has 0 aliphatic carbocycles. The zero-order valence-electron chi connectivity index (χ0n) is 7.36. The second kappa shape index (κ2) is 7.02. The molecule has 0 aromatic heterocycles. The fraction of sp³-hybridized carbons (Fsp3) is 0.400. The third kappa shape index (κ3) is 7.46. The van der Waals surface area contributed by atoms with Gasteiger partial charge in [0.05, 0.1) is 0 Å². The normalized spacial score (nSPS) is 16.0. The van der Waals surface area contributed by atoms with Crippen LogP contribution in [0.1, 0.15) is 13.8 Å². The fourth-order valence-corrected chi connectivity index (χ4v) is 0.637. The topological polar surface area (TPSA) is 20.2 Å². The third-order valence-corrected chi connectivity index (χ3v) is 1.24. The van der Waals surface area contributed by atoms with Crippen molar-refractivity contribution in [3.05, 3.63) is 24.3 Å². The second-order valence-electron chi connectivity index (χ2n) is 2.36. The highest BCUT2D eigenvalue weighted by atomic mass is 32.1. The van der Waals surface area contributed by atoms with Crippen LogP contribution in [-0.4, -0.2) is 16.5 Å². The molecular weight excluding hydrogens is 168 g/mol. The van der Waals surface area contributed by atoms with Crippen LogP contribution in [0.25, 0.3) is 0 Å². The predicted molar refractivity (Wildman–Crippen MR) is 56.2 cm³/mol. The molecule has 0 saturated carbocycles. The van der Waals surface area contributed by atoms with Crippen LogP contribution < -0.4 is 0 Å². The quantitative estimate of drug-likeness (QED) is 0.379. The van der Waals surface area contributed by atoms with Crippen molar-refractivity contribution >= 4 is 12.6 Å². The average Bonchev–Trinajstić information content (AvgIpc) is 1.98. The van der Waals surface area contributed by atoms with E-state index in [0.717, 1.165) is 0 Å². The van der Waals surface area contributed by atoms with Crippen molar-refractivity contribution in [1.82, 2.24) is 0 Å². The van der Waals surface area contributed by atoms with Crippen molar-refractivity contribution in [1.29, 1.82) is 0 Å². The summed E-state index contributed by atoms with van der Waals surface area (Å²) in [5.74, 6) is 5.36. The van der Waals surface area contributed by atoms with Gasteiger partial charge < -0.3 is 5.11 Å². The van der Waals surface area contributed by atoms with E-state index in [1.165, 1.54) is 0 Å². The lowest BCUT2D eigenvalue weighted by molar-refractivity contribution is 0.280. The van der Waals surface area contributed by atoms with Gasteiger partial charge >= 0.3 is 0 Å². The largest absolute Gasteiger partial charge is 0.377 e. The average molecular weight is 182 g/mol. The highest BCUT2D eigenvalue weighted by Crippen LogP contribution is 1.92. The minimum Gasteiger partial charge on any atom is -0.377 e. The minimum atomic E-state index is -0.658. The first kappa shape index (κ1) is 11.4. The van der Waals surface area contributed by atoms with E-state index in [2.05, 4.69) is 24.5 Å². The van der Waals surface area contributed by atoms with Crippen molar-refractivity contribution in [2.75, 3.05) is 0 Å². The van der Waals surface area contributed by atoms with Crippen LogP contribution in [0, 0.1) is 11.8 Å². The van der Waals surface area contributed by atoms with E-state index >= 15 is 0 Å². The van der Waals surface area contributed by atoms with E-state index in [1.807, 2.05) is 19.9 Å². The lowest BCUT2D eigenvalue weighted by Crippen LogP contribution is -1.95. The molecule has 2 unspecified atom stereocenters. The maximum absolute atomic E-state index is 9.10. The standard InChI is InChI=1S/C10H14OS/c1-3-6-10(11)8-5-4-7-9(2)12/h3-4,6-7,9-12H,1-2H3/b6-3+,7-4+. The zero-order chi connectivity index (χ0) is 9.40. The van der Waals surface area contributed by atoms with E-state index in [9.17, 15) is 0 Å². The summed E-state index contributed by atoms with van der Waals surface area (Å²) < 4.78 is 0. The predicted octanol–water partition coefficient (Wildman–Crippen LogP) is 1.80. The summed E-state index contributed by atoms with van der Waals surface area (Å²) in [5, 5.41) is 9.31. The Morgan fingerprint density at radius 3 is 2.58 bits per heavy atom. The van der Waals surface area contributed by atoms with Crippen LogP contribution in [0.5, 0.6) is 0 Å². The smallest absolute Gasteiger partial charge is 0.133 e. The van der Waals surface area contributed by atoms with Crippen molar-refractivity contribution in [3.8, 4) is 11.8 Å². The Balaban J connectivity index is 3.87. The number of rotatable bonds is 2. The molecule has 2 atom stereocenters. The molecule has 1 nitrogen and oxygen atoms in total. The van der Waals surface area contributed by atoms with Gasteiger partial charge in [0.15, 0.2) is 0 Å². The van der Waals surface area contributed by atoms with Crippen molar-refractivity contribution in [2.45, 2.75) is 25.2 Å². The van der Waals surface area contributed by atoms with Gasteiger partial charge in [-0.15, -0.1) is 0 Å². The Kier molecular flexibility index (Phi) is 6.64. The Labute approximate surface area is 79.6 Å².